The van der Waals surface area contributed by atoms with Crippen LogP contribution in [0.5, 0.6) is 0 Å². The van der Waals surface area contributed by atoms with E-state index >= 15 is 0 Å². The van der Waals surface area contributed by atoms with Crippen LogP contribution in [-0.2, 0) is 24.0 Å². The highest BCUT2D eigenvalue weighted by molar-refractivity contribution is 5.95. The molecule has 17 heavy (non-hydrogen) atoms. The van der Waals surface area contributed by atoms with Crippen LogP contribution in [-0.4, -0.2) is 40.5 Å². The van der Waals surface area contributed by atoms with Crippen LogP contribution in [0.25, 0.3) is 0 Å². The molecule has 2 N–H and O–H groups in total. The van der Waals surface area contributed by atoms with Gasteiger partial charge in [-0.3, -0.25) is 14.4 Å². The minimum Gasteiger partial charge on any atom is -0.481 e. The van der Waals surface area contributed by atoms with Gasteiger partial charge in [-0.05, 0) is 0 Å². The first-order valence-corrected chi connectivity index (χ1v) is 4.76. The average Bonchev–Trinajstić information content (AvgIpc) is 2.23. The second-order valence-electron chi connectivity index (χ2n) is 2.91. The van der Waals surface area contributed by atoms with E-state index in [1.807, 2.05) is 0 Å². The van der Waals surface area contributed by atoms with Crippen molar-refractivity contribution in [1.82, 2.24) is 0 Å². The summed E-state index contributed by atoms with van der Waals surface area (Å²) in [6.07, 6.45) is 1.09. The van der Waals surface area contributed by atoms with Crippen LogP contribution in [0.15, 0.2) is 0 Å². The topological polar surface area (TPSA) is 126 Å². The maximum atomic E-state index is 10.5. The van der Waals surface area contributed by atoms with E-state index in [9.17, 15) is 24.0 Å². The quantitative estimate of drug-likeness (QED) is 0.352. The van der Waals surface area contributed by atoms with Crippen LogP contribution in [0.3, 0.4) is 0 Å². The molecule has 0 fully saturated rings. The number of carboxylic acid groups (broad SMARTS) is 2. The Bertz CT molecular complexity index is 274. The molecule has 0 atom stereocenters. The van der Waals surface area contributed by atoms with E-state index in [-0.39, 0.29) is 12.8 Å². The number of aliphatic carboxylic acids is 2. The second kappa shape index (κ2) is 12.0. The van der Waals surface area contributed by atoms with Crippen molar-refractivity contribution in [3.05, 3.63) is 0 Å². The number of aldehydes is 2. The number of ketones is 1. The molecular weight excluding hydrogens is 232 g/mol. The summed E-state index contributed by atoms with van der Waals surface area (Å²) in [4.78, 5) is 49.1. The van der Waals surface area contributed by atoms with Crippen molar-refractivity contribution in [2.45, 2.75) is 32.1 Å². The molecule has 96 valence electrons. The van der Waals surface area contributed by atoms with Crippen LogP contribution < -0.4 is 0 Å². The van der Waals surface area contributed by atoms with E-state index in [2.05, 4.69) is 0 Å². The average molecular weight is 246 g/mol. The summed E-state index contributed by atoms with van der Waals surface area (Å²) in [7, 11) is 0. The number of Topliss-reactive ketones (excluding diaryl/α,β-unsaturated/α-hetero) is 1. The minimum atomic E-state index is -1.22. The van der Waals surface area contributed by atoms with Gasteiger partial charge < -0.3 is 19.8 Å². The minimum absolute atomic E-state index is 0.207. The number of hydrogen-bond donors (Lipinski definition) is 2. The number of hydrogen-bond acceptors (Lipinski definition) is 5. The van der Waals surface area contributed by atoms with Crippen LogP contribution in [0.4, 0.5) is 0 Å². The summed E-state index contributed by atoms with van der Waals surface area (Å²) in [6, 6.07) is 0. The van der Waals surface area contributed by atoms with Gasteiger partial charge in [0, 0.05) is 19.3 Å². The summed E-state index contributed by atoms with van der Waals surface area (Å²) in [5.74, 6) is -2.87. The fourth-order valence-electron chi connectivity index (χ4n) is 0.639. The van der Waals surface area contributed by atoms with Gasteiger partial charge >= 0.3 is 11.9 Å². The Morgan fingerprint density at radius 1 is 0.824 bits per heavy atom. The van der Waals surface area contributed by atoms with E-state index in [1.165, 1.54) is 0 Å². The molecule has 0 saturated carbocycles. The number of carbonyl (C=O) groups is 5. The summed E-state index contributed by atoms with van der Waals surface area (Å²) in [6.45, 7) is 0. The Hall–Kier alpha value is -2.05. The third-order valence-corrected chi connectivity index (χ3v) is 1.37. The zero-order chi connectivity index (χ0) is 13.7. The van der Waals surface area contributed by atoms with E-state index in [1.54, 1.807) is 0 Å². The normalized spacial score (nSPS) is 8.47. The molecule has 0 aromatic carbocycles. The van der Waals surface area contributed by atoms with E-state index in [4.69, 9.17) is 10.2 Å². The van der Waals surface area contributed by atoms with Crippen molar-refractivity contribution < 1.29 is 34.2 Å². The largest absolute Gasteiger partial charge is 0.481 e. The molecule has 7 heteroatoms. The first kappa shape index (κ1) is 17.3. The van der Waals surface area contributed by atoms with Gasteiger partial charge in [0.15, 0.2) is 0 Å². The molecule has 0 bridgehead atoms. The van der Waals surface area contributed by atoms with Crippen LogP contribution in [0.2, 0.25) is 0 Å². The highest BCUT2D eigenvalue weighted by atomic mass is 16.4. The Labute approximate surface area is 97.4 Å². The summed E-state index contributed by atoms with van der Waals surface area (Å²) in [5.41, 5.74) is 0. The van der Waals surface area contributed by atoms with Gasteiger partial charge in [0.05, 0.1) is 6.42 Å². The number of unbranched alkanes of at least 4 members (excludes halogenated alkanes) is 1. The van der Waals surface area contributed by atoms with Gasteiger partial charge in [-0.1, -0.05) is 0 Å². The van der Waals surface area contributed by atoms with E-state index in [0.29, 0.717) is 12.8 Å². The first-order chi connectivity index (χ1) is 7.93. The fourth-order valence-corrected chi connectivity index (χ4v) is 0.639. The molecule has 0 spiro atoms. The zero-order valence-corrected chi connectivity index (χ0v) is 9.13. The van der Waals surface area contributed by atoms with Crippen molar-refractivity contribution >= 4 is 30.3 Å². The first-order valence-electron chi connectivity index (χ1n) is 4.76. The van der Waals surface area contributed by atoms with Crippen LogP contribution >= 0.6 is 0 Å². The lowest BCUT2D eigenvalue weighted by atomic mass is 10.2. The van der Waals surface area contributed by atoms with Crippen molar-refractivity contribution in [3.63, 3.8) is 0 Å². The lowest BCUT2D eigenvalue weighted by molar-refractivity contribution is -0.142. The van der Waals surface area contributed by atoms with Crippen molar-refractivity contribution in [2.75, 3.05) is 0 Å². The molecule has 0 heterocycles. The molecule has 0 aromatic heterocycles. The SMILES string of the molecule is O=C(O)CCC(=O)CC(=O)O.O=CCCC=O. The summed E-state index contributed by atoms with van der Waals surface area (Å²) < 4.78 is 0. The molecular formula is C10H14O7. The smallest absolute Gasteiger partial charge is 0.310 e. The van der Waals surface area contributed by atoms with Gasteiger partial charge in [0.2, 0.25) is 0 Å². The zero-order valence-electron chi connectivity index (χ0n) is 9.13. The summed E-state index contributed by atoms with van der Waals surface area (Å²) in [5, 5.41) is 16.2. The fraction of sp³-hybridized carbons (Fsp3) is 0.500. The Balaban J connectivity index is 0. The Morgan fingerprint density at radius 2 is 1.29 bits per heavy atom. The number of carboxylic acids is 2. The maximum Gasteiger partial charge on any atom is 0.310 e. The van der Waals surface area contributed by atoms with Gasteiger partial charge in [-0.2, -0.15) is 0 Å². The molecule has 0 aliphatic heterocycles. The molecule has 0 aromatic rings. The van der Waals surface area contributed by atoms with Gasteiger partial charge in [0.25, 0.3) is 0 Å². The summed E-state index contributed by atoms with van der Waals surface area (Å²) >= 11 is 0. The predicted molar refractivity (Wildman–Crippen MR) is 55.5 cm³/mol. The van der Waals surface area contributed by atoms with Gasteiger partial charge in [-0.15, -0.1) is 0 Å². The Kier molecular flexibility index (Phi) is 12.3. The second-order valence-corrected chi connectivity index (χ2v) is 2.91. The predicted octanol–water partition coefficient (Wildman–Crippen LogP) is 0.0594. The van der Waals surface area contributed by atoms with E-state index in [0.717, 1.165) is 12.6 Å². The molecule has 0 saturated heterocycles. The standard InChI is InChI=1S/C6H8O5.C4H6O2/c7-4(3-6(10)11)1-2-5(8)9;5-3-1-2-4-6/h1-3H2,(H,8,9)(H,10,11);3-4H,1-2H2. The number of carbonyl (C=O) groups excluding carboxylic acids is 3. The monoisotopic (exact) mass is 246 g/mol. The Morgan fingerprint density at radius 3 is 1.59 bits per heavy atom. The third-order valence-electron chi connectivity index (χ3n) is 1.37. The molecule has 0 aliphatic rings. The molecule has 0 radical (unpaired) electrons. The molecule has 0 rings (SSSR count). The lowest BCUT2D eigenvalue weighted by Crippen LogP contribution is -2.08. The van der Waals surface area contributed by atoms with Crippen molar-refractivity contribution in [2.24, 2.45) is 0 Å². The lowest BCUT2D eigenvalue weighted by Gasteiger charge is -1.92. The van der Waals surface area contributed by atoms with Crippen molar-refractivity contribution in [1.29, 1.82) is 0 Å². The highest BCUT2D eigenvalue weighted by Gasteiger charge is 2.08. The highest BCUT2D eigenvalue weighted by Crippen LogP contribution is 1.94. The van der Waals surface area contributed by atoms with Crippen LogP contribution in [0.1, 0.15) is 32.1 Å². The maximum absolute atomic E-state index is 10.5. The molecule has 0 unspecified atom stereocenters. The molecule has 0 aliphatic carbocycles. The van der Waals surface area contributed by atoms with Crippen LogP contribution in [0, 0.1) is 0 Å². The van der Waals surface area contributed by atoms with Gasteiger partial charge in [0.1, 0.15) is 24.8 Å². The molecule has 7 nitrogen and oxygen atoms in total. The van der Waals surface area contributed by atoms with Gasteiger partial charge in [-0.25, -0.2) is 0 Å². The molecule has 0 amide bonds. The van der Waals surface area contributed by atoms with Crippen molar-refractivity contribution in [3.8, 4) is 0 Å². The third kappa shape index (κ3) is 20.1. The number of rotatable bonds is 8. The van der Waals surface area contributed by atoms with E-state index < -0.39 is 24.1 Å².